The molecule has 1 aromatic heterocycles. The Morgan fingerprint density at radius 1 is 1.43 bits per heavy atom. The van der Waals surface area contributed by atoms with Crippen molar-refractivity contribution >= 4 is 21.9 Å². The van der Waals surface area contributed by atoms with Crippen LogP contribution >= 0.6 is 15.9 Å². The van der Waals surface area contributed by atoms with Crippen LogP contribution in [0.15, 0.2) is 41.0 Å². The molecule has 0 amide bonds. The van der Waals surface area contributed by atoms with Gasteiger partial charge in [-0.15, -0.1) is 0 Å². The van der Waals surface area contributed by atoms with Crippen LogP contribution < -0.4 is 4.74 Å². The molecule has 0 aliphatic rings. The third kappa shape index (κ3) is 3.82. The van der Waals surface area contributed by atoms with Gasteiger partial charge in [0, 0.05) is 10.7 Å². The van der Waals surface area contributed by atoms with Gasteiger partial charge in [-0.3, -0.25) is 9.78 Å². The van der Waals surface area contributed by atoms with Gasteiger partial charge in [0.1, 0.15) is 11.7 Å². The molecular weight excluding hydrogens is 334 g/mol. The zero-order valence-electron chi connectivity index (χ0n) is 11.8. The maximum absolute atomic E-state index is 11.6. The normalized spacial score (nSPS) is 12.0. The average molecular weight is 350 g/mol. The molecule has 0 bridgehead atoms. The molecule has 2 aromatic rings. The molecule has 21 heavy (non-hydrogen) atoms. The molecule has 0 aliphatic carbocycles. The van der Waals surface area contributed by atoms with E-state index in [1.165, 1.54) is 0 Å². The number of methoxy groups -OCH3 is 1. The first-order valence-electron chi connectivity index (χ1n) is 6.49. The van der Waals surface area contributed by atoms with Crippen LogP contribution in [0.4, 0.5) is 0 Å². The number of pyridine rings is 1. The molecule has 4 nitrogen and oxygen atoms in total. The monoisotopic (exact) mass is 349 g/mol. The zero-order chi connectivity index (χ0) is 15.4. The fraction of sp³-hybridized carbons (Fsp3) is 0.250. The number of ether oxygens (including phenoxy) is 1. The fourth-order valence-electron chi connectivity index (χ4n) is 2.25. The lowest BCUT2D eigenvalue weighted by molar-refractivity contribution is -0.138. The number of rotatable bonds is 5. The van der Waals surface area contributed by atoms with Crippen molar-refractivity contribution in [3.05, 3.63) is 57.8 Å². The standard InChI is InChI=1S/C16H16BrNO3/c1-10-6-12(17)9-18-15(10)14(16(19)20)8-11-4-3-5-13(7-11)21-2/h3-7,9,14H,8H2,1-2H3,(H,19,20). The molecule has 0 saturated heterocycles. The number of benzene rings is 1. The van der Waals surface area contributed by atoms with E-state index in [0.717, 1.165) is 21.3 Å². The van der Waals surface area contributed by atoms with E-state index in [-0.39, 0.29) is 0 Å². The van der Waals surface area contributed by atoms with Crippen molar-refractivity contribution in [2.75, 3.05) is 7.11 Å². The Balaban J connectivity index is 2.33. The lowest BCUT2D eigenvalue weighted by Crippen LogP contribution is -2.17. The summed E-state index contributed by atoms with van der Waals surface area (Å²) in [7, 11) is 1.59. The van der Waals surface area contributed by atoms with Crippen molar-refractivity contribution < 1.29 is 14.6 Å². The Morgan fingerprint density at radius 3 is 2.81 bits per heavy atom. The summed E-state index contributed by atoms with van der Waals surface area (Å²) in [6.45, 7) is 1.87. The van der Waals surface area contributed by atoms with E-state index in [2.05, 4.69) is 20.9 Å². The van der Waals surface area contributed by atoms with E-state index >= 15 is 0 Å². The summed E-state index contributed by atoms with van der Waals surface area (Å²) in [5, 5.41) is 9.53. The third-order valence-electron chi connectivity index (χ3n) is 3.29. The maximum Gasteiger partial charge on any atom is 0.312 e. The van der Waals surface area contributed by atoms with E-state index in [9.17, 15) is 9.90 Å². The molecule has 1 aromatic carbocycles. The molecule has 0 saturated carbocycles. The Labute approximate surface area is 131 Å². The summed E-state index contributed by atoms with van der Waals surface area (Å²) in [4.78, 5) is 15.9. The van der Waals surface area contributed by atoms with Gasteiger partial charge in [0.25, 0.3) is 0 Å². The number of aryl methyl sites for hydroxylation is 1. The van der Waals surface area contributed by atoms with Crippen molar-refractivity contribution in [2.45, 2.75) is 19.3 Å². The number of aromatic nitrogens is 1. The molecule has 1 heterocycles. The molecule has 5 heteroatoms. The van der Waals surface area contributed by atoms with Gasteiger partial charge in [-0.2, -0.15) is 0 Å². The van der Waals surface area contributed by atoms with Crippen LogP contribution in [0.3, 0.4) is 0 Å². The first-order valence-corrected chi connectivity index (χ1v) is 7.28. The highest BCUT2D eigenvalue weighted by Crippen LogP contribution is 2.26. The lowest BCUT2D eigenvalue weighted by Gasteiger charge is -2.15. The van der Waals surface area contributed by atoms with E-state index in [1.807, 2.05) is 37.3 Å². The van der Waals surface area contributed by atoms with E-state index < -0.39 is 11.9 Å². The van der Waals surface area contributed by atoms with Gasteiger partial charge >= 0.3 is 5.97 Å². The lowest BCUT2D eigenvalue weighted by atomic mass is 9.93. The Kier molecular flexibility index (Phi) is 4.96. The predicted octanol–water partition coefficient (Wildman–Crippen LogP) is 3.57. The van der Waals surface area contributed by atoms with Crippen molar-refractivity contribution in [3.8, 4) is 5.75 Å². The van der Waals surface area contributed by atoms with Crippen LogP contribution in [-0.2, 0) is 11.2 Å². The van der Waals surface area contributed by atoms with E-state index in [4.69, 9.17) is 4.74 Å². The quantitative estimate of drug-likeness (QED) is 0.896. The van der Waals surface area contributed by atoms with Gasteiger partial charge in [-0.25, -0.2) is 0 Å². The molecule has 110 valence electrons. The number of nitrogens with zero attached hydrogens (tertiary/aromatic N) is 1. The second-order valence-electron chi connectivity index (χ2n) is 4.80. The highest BCUT2D eigenvalue weighted by Gasteiger charge is 2.23. The van der Waals surface area contributed by atoms with Crippen LogP contribution in [-0.4, -0.2) is 23.2 Å². The fourth-order valence-corrected chi connectivity index (χ4v) is 2.70. The first-order chi connectivity index (χ1) is 10.0. The third-order valence-corrected chi connectivity index (χ3v) is 3.72. The molecule has 2 rings (SSSR count). The summed E-state index contributed by atoms with van der Waals surface area (Å²) >= 11 is 3.34. The Bertz CT molecular complexity index is 658. The topological polar surface area (TPSA) is 59.4 Å². The number of hydrogen-bond donors (Lipinski definition) is 1. The first kappa shape index (κ1) is 15.5. The minimum absolute atomic E-state index is 0.377. The maximum atomic E-state index is 11.6. The van der Waals surface area contributed by atoms with Crippen LogP contribution in [0.2, 0.25) is 0 Å². The second-order valence-corrected chi connectivity index (χ2v) is 5.72. The number of aliphatic carboxylic acids is 1. The number of hydrogen-bond acceptors (Lipinski definition) is 3. The van der Waals surface area contributed by atoms with Gasteiger partial charge in [0.15, 0.2) is 0 Å². The number of carboxylic acids is 1. The van der Waals surface area contributed by atoms with Crippen LogP contribution in [0.25, 0.3) is 0 Å². The molecule has 0 fully saturated rings. The molecule has 1 unspecified atom stereocenters. The summed E-state index contributed by atoms with van der Waals surface area (Å²) < 4.78 is 6.01. The van der Waals surface area contributed by atoms with Gasteiger partial charge in [-0.1, -0.05) is 12.1 Å². The number of halogens is 1. The largest absolute Gasteiger partial charge is 0.497 e. The Morgan fingerprint density at radius 2 is 2.19 bits per heavy atom. The minimum Gasteiger partial charge on any atom is -0.497 e. The van der Waals surface area contributed by atoms with E-state index in [0.29, 0.717) is 12.1 Å². The SMILES string of the molecule is COc1cccc(CC(C(=O)O)c2ncc(Br)cc2C)c1. The molecule has 1 atom stereocenters. The molecule has 0 radical (unpaired) electrons. The summed E-state index contributed by atoms with van der Waals surface area (Å²) in [5.41, 5.74) is 2.36. The van der Waals surface area contributed by atoms with Gasteiger partial charge in [0.2, 0.25) is 0 Å². The van der Waals surface area contributed by atoms with Gasteiger partial charge < -0.3 is 9.84 Å². The second kappa shape index (κ2) is 6.72. The van der Waals surface area contributed by atoms with Crippen molar-refractivity contribution in [2.24, 2.45) is 0 Å². The minimum atomic E-state index is -0.879. The zero-order valence-corrected chi connectivity index (χ0v) is 13.4. The summed E-state index contributed by atoms with van der Waals surface area (Å²) in [6.07, 6.45) is 2.01. The van der Waals surface area contributed by atoms with Crippen molar-refractivity contribution in [1.82, 2.24) is 4.98 Å². The van der Waals surface area contributed by atoms with Crippen molar-refractivity contribution in [1.29, 1.82) is 0 Å². The van der Waals surface area contributed by atoms with Crippen molar-refractivity contribution in [3.63, 3.8) is 0 Å². The van der Waals surface area contributed by atoms with Crippen LogP contribution in [0, 0.1) is 6.92 Å². The van der Waals surface area contributed by atoms with Crippen LogP contribution in [0.1, 0.15) is 22.7 Å². The van der Waals surface area contributed by atoms with Gasteiger partial charge in [0.05, 0.1) is 12.8 Å². The molecular formula is C16H16BrNO3. The van der Waals surface area contributed by atoms with Gasteiger partial charge in [-0.05, 0) is 58.6 Å². The smallest absolute Gasteiger partial charge is 0.312 e. The number of carbonyl (C=O) groups is 1. The number of carboxylic acid groups (broad SMARTS) is 1. The molecule has 1 N–H and O–H groups in total. The van der Waals surface area contributed by atoms with Crippen LogP contribution in [0.5, 0.6) is 5.75 Å². The molecule has 0 spiro atoms. The highest BCUT2D eigenvalue weighted by atomic mass is 79.9. The highest BCUT2D eigenvalue weighted by molar-refractivity contribution is 9.10. The van der Waals surface area contributed by atoms with E-state index in [1.54, 1.807) is 13.3 Å². The summed E-state index contributed by atoms with van der Waals surface area (Å²) in [6, 6.07) is 9.32. The predicted molar refractivity (Wildman–Crippen MR) is 83.7 cm³/mol. The summed E-state index contributed by atoms with van der Waals surface area (Å²) in [5.74, 6) is -0.835. The average Bonchev–Trinajstić information content (AvgIpc) is 2.45. The molecule has 0 aliphatic heterocycles. The Hall–Kier alpha value is -1.88.